The lowest BCUT2D eigenvalue weighted by Crippen LogP contribution is -2.42. The van der Waals surface area contributed by atoms with Gasteiger partial charge in [-0.2, -0.15) is 0 Å². The van der Waals surface area contributed by atoms with Gasteiger partial charge in [-0.05, 0) is 44.2 Å². The molecule has 1 unspecified atom stereocenters. The maximum atomic E-state index is 6.10. The molecule has 0 aliphatic carbocycles. The topological polar surface area (TPSA) is 44.9 Å². The van der Waals surface area contributed by atoms with Crippen LogP contribution in [0, 0.1) is 11.8 Å². The van der Waals surface area contributed by atoms with Crippen molar-refractivity contribution in [3.05, 3.63) is 0 Å². The van der Waals surface area contributed by atoms with E-state index in [1.807, 2.05) is 0 Å². The third-order valence-corrected chi connectivity index (χ3v) is 4.44. The van der Waals surface area contributed by atoms with Crippen LogP contribution in [0.1, 0.15) is 33.1 Å². The number of aliphatic imine (C=N–C) groups is 1. The van der Waals surface area contributed by atoms with Crippen molar-refractivity contribution in [2.24, 2.45) is 22.6 Å². The quantitative estimate of drug-likeness (QED) is 0.463. The number of rotatable bonds is 3. The number of hydrogen-bond donors (Lipinski definition) is 1. The highest BCUT2D eigenvalue weighted by Gasteiger charge is 2.21. The summed E-state index contributed by atoms with van der Waals surface area (Å²) in [6, 6.07) is 0. The fraction of sp³-hybridized carbons (Fsp3) is 0.929. The largest absolute Gasteiger partial charge is 0.370 e. The Morgan fingerprint density at radius 2 is 1.89 bits per heavy atom. The van der Waals surface area contributed by atoms with E-state index >= 15 is 0 Å². The van der Waals surface area contributed by atoms with Gasteiger partial charge >= 0.3 is 0 Å². The van der Waals surface area contributed by atoms with Gasteiger partial charge in [0.05, 0.1) is 0 Å². The molecule has 0 aromatic heterocycles. The number of halogens is 1. The van der Waals surface area contributed by atoms with Crippen LogP contribution in [0.3, 0.4) is 0 Å². The number of piperidine rings is 1. The predicted molar refractivity (Wildman–Crippen MR) is 92.1 cm³/mol. The van der Waals surface area contributed by atoms with Crippen molar-refractivity contribution in [1.82, 2.24) is 9.80 Å². The lowest BCUT2D eigenvalue weighted by Gasteiger charge is -2.31. The Bertz CT molecular complexity index is 287. The summed E-state index contributed by atoms with van der Waals surface area (Å²) in [7, 11) is 0. The van der Waals surface area contributed by atoms with Gasteiger partial charge < -0.3 is 15.5 Å². The molecule has 0 amide bonds. The van der Waals surface area contributed by atoms with Crippen molar-refractivity contribution in [3.8, 4) is 0 Å². The Labute approximate surface area is 134 Å². The molecular weight excluding hydrogens is 351 g/mol. The monoisotopic (exact) mass is 380 g/mol. The van der Waals surface area contributed by atoms with E-state index in [9.17, 15) is 0 Å². The zero-order valence-corrected chi connectivity index (χ0v) is 14.7. The summed E-state index contributed by atoms with van der Waals surface area (Å²) in [4.78, 5) is 9.37. The summed E-state index contributed by atoms with van der Waals surface area (Å²) in [5.41, 5.74) is 6.10. The van der Waals surface area contributed by atoms with Gasteiger partial charge in [0, 0.05) is 26.2 Å². The fourth-order valence-electron chi connectivity index (χ4n) is 2.91. The smallest absolute Gasteiger partial charge is 0.191 e. The van der Waals surface area contributed by atoms with Crippen molar-refractivity contribution in [2.75, 3.05) is 39.3 Å². The highest BCUT2D eigenvalue weighted by Crippen LogP contribution is 2.17. The summed E-state index contributed by atoms with van der Waals surface area (Å²) in [5.74, 6) is 2.34. The Morgan fingerprint density at radius 3 is 2.47 bits per heavy atom. The van der Waals surface area contributed by atoms with E-state index in [-0.39, 0.29) is 24.0 Å². The van der Waals surface area contributed by atoms with Crippen LogP contribution < -0.4 is 5.73 Å². The van der Waals surface area contributed by atoms with Crippen LogP contribution in [0.15, 0.2) is 4.99 Å². The molecule has 2 aliphatic heterocycles. The van der Waals surface area contributed by atoms with Gasteiger partial charge in [0.2, 0.25) is 0 Å². The molecule has 2 fully saturated rings. The number of nitrogens with zero attached hydrogens (tertiary/aromatic N) is 3. The van der Waals surface area contributed by atoms with Gasteiger partial charge in [0.1, 0.15) is 0 Å². The second-order valence-electron chi connectivity index (χ2n) is 5.92. The molecule has 0 bridgehead atoms. The minimum absolute atomic E-state index is 0. The molecule has 5 heteroatoms. The van der Waals surface area contributed by atoms with E-state index in [4.69, 9.17) is 5.73 Å². The van der Waals surface area contributed by atoms with Crippen molar-refractivity contribution in [3.63, 3.8) is 0 Å². The van der Waals surface area contributed by atoms with Gasteiger partial charge in [-0.15, -0.1) is 24.0 Å². The summed E-state index contributed by atoms with van der Waals surface area (Å²) in [5, 5.41) is 0. The van der Waals surface area contributed by atoms with E-state index in [1.54, 1.807) is 0 Å². The molecule has 1 atom stereocenters. The predicted octanol–water partition coefficient (Wildman–Crippen LogP) is 1.99. The lowest BCUT2D eigenvalue weighted by molar-refractivity contribution is 0.277. The van der Waals surface area contributed by atoms with E-state index < -0.39 is 0 Å². The Kier molecular flexibility index (Phi) is 7.42. The van der Waals surface area contributed by atoms with Crippen molar-refractivity contribution in [2.45, 2.75) is 33.1 Å². The lowest BCUT2D eigenvalue weighted by atomic mass is 10.00. The summed E-state index contributed by atoms with van der Waals surface area (Å²) in [6.45, 7) is 11.2. The maximum absolute atomic E-state index is 6.10. The van der Waals surface area contributed by atoms with Gasteiger partial charge in [-0.25, -0.2) is 0 Å². The van der Waals surface area contributed by atoms with Crippen LogP contribution in [-0.2, 0) is 0 Å². The first-order valence-corrected chi connectivity index (χ1v) is 7.46. The van der Waals surface area contributed by atoms with Crippen LogP contribution >= 0.6 is 24.0 Å². The van der Waals surface area contributed by atoms with Gasteiger partial charge in [-0.1, -0.05) is 13.8 Å². The van der Waals surface area contributed by atoms with Crippen LogP contribution in [0.2, 0.25) is 0 Å². The minimum Gasteiger partial charge on any atom is -0.370 e. The molecule has 0 saturated carbocycles. The molecule has 0 aromatic rings. The second kappa shape index (κ2) is 8.29. The molecule has 2 saturated heterocycles. The summed E-state index contributed by atoms with van der Waals surface area (Å²) >= 11 is 0. The summed E-state index contributed by atoms with van der Waals surface area (Å²) in [6.07, 6.45) is 3.79. The molecule has 0 radical (unpaired) electrons. The zero-order valence-electron chi connectivity index (χ0n) is 12.3. The molecular formula is C14H29IN4. The maximum Gasteiger partial charge on any atom is 0.191 e. The number of hydrogen-bond acceptors (Lipinski definition) is 2. The normalized spacial score (nSPS) is 26.5. The molecule has 2 heterocycles. The number of guanidine groups is 1. The van der Waals surface area contributed by atoms with Crippen LogP contribution in [0.5, 0.6) is 0 Å². The van der Waals surface area contributed by atoms with Crippen LogP contribution in [0.4, 0.5) is 0 Å². The molecule has 4 nitrogen and oxygen atoms in total. The first-order chi connectivity index (χ1) is 8.69. The second-order valence-corrected chi connectivity index (χ2v) is 5.92. The highest BCUT2D eigenvalue weighted by atomic mass is 127. The molecule has 19 heavy (non-hydrogen) atoms. The van der Waals surface area contributed by atoms with Crippen LogP contribution in [0.25, 0.3) is 0 Å². The van der Waals surface area contributed by atoms with E-state index in [1.165, 1.54) is 38.9 Å². The molecule has 2 rings (SSSR count). The zero-order chi connectivity index (χ0) is 13.0. The molecule has 2 N–H and O–H groups in total. The Balaban J connectivity index is 0.00000180. The third-order valence-electron chi connectivity index (χ3n) is 4.44. The third kappa shape index (κ3) is 5.10. The SMILES string of the molecule is CCN1CCC(CN=C(N)N2CCC(C)CC2)C1.I. The van der Waals surface area contributed by atoms with Gasteiger partial charge in [0.15, 0.2) is 5.96 Å². The Morgan fingerprint density at radius 1 is 1.21 bits per heavy atom. The number of nitrogens with two attached hydrogens (primary N) is 1. The first kappa shape index (κ1) is 17.0. The average Bonchev–Trinajstić information content (AvgIpc) is 2.85. The van der Waals surface area contributed by atoms with Crippen molar-refractivity contribution >= 4 is 29.9 Å². The standard InChI is InChI=1S/C14H28N4.HI/c1-3-17-7-6-13(11-17)10-16-14(15)18-8-4-12(2)5-9-18;/h12-13H,3-11H2,1-2H3,(H2,15,16);1H. The van der Waals surface area contributed by atoms with Gasteiger partial charge in [0.25, 0.3) is 0 Å². The Hall–Kier alpha value is -0.0400. The molecule has 2 aliphatic rings. The van der Waals surface area contributed by atoms with Gasteiger partial charge in [-0.3, -0.25) is 4.99 Å². The fourth-order valence-corrected chi connectivity index (χ4v) is 2.91. The van der Waals surface area contributed by atoms with Crippen molar-refractivity contribution in [1.29, 1.82) is 0 Å². The highest BCUT2D eigenvalue weighted by molar-refractivity contribution is 14.0. The minimum atomic E-state index is 0. The van der Waals surface area contributed by atoms with E-state index in [0.29, 0.717) is 5.92 Å². The van der Waals surface area contributed by atoms with E-state index in [2.05, 4.69) is 28.6 Å². The number of likely N-dealkylation sites (tertiary alicyclic amines) is 2. The van der Waals surface area contributed by atoms with Crippen LogP contribution in [-0.4, -0.2) is 55.0 Å². The molecule has 112 valence electrons. The van der Waals surface area contributed by atoms with E-state index in [0.717, 1.165) is 31.5 Å². The summed E-state index contributed by atoms with van der Waals surface area (Å²) < 4.78 is 0. The first-order valence-electron chi connectivity index (χ1n) is 7.46. The molecule has 0 spiro atoms. The van der Waals surface area contributed by atoms with Crippen molar-refractivity contribution < 1.29 is 0 Å². The molecule has 0 aromatic carbocycles. The average molecular weight is 380 g/mol.